The highest BCUT2D eigenvalue weighted by Gasteiger charge is 2.10. The molecule has 0 saturated heterocycles. The Kier molecular flexibility index (Phi) is 8.12. The van der Waals surface area contributed by atoms with Crippen molar-refractivity contribution in [2.45, 2.75) is 6.54 Å². The van der Waals surface area contributed by atoms with Crippen molar-refractivity contribution >= 4 is 29.4 Å². The molecule has 0 fully saturated rings. The average Bonchev–Trinajstić information content (AvgIpc) is 2.69. The molecule has 2 rings (SSSR count). The van der Waals surface area contributed by atoms with E-state index < -0.39 is 24.4 Å². The summed E-state index contributed by atoms with van der Waals surface area (Å²) in [6.07, 6.45) is 0. The van der Waals surface area contributed by atoms with Crippen molar-refractivity contribution < 1.29 is 23.9 Å². The molecule has 0 spiro atoms. The van der Waals surface area contributed by atoms with Gasteiger partial charge in [-0.1, -0.05) is 48.0 Å². The second-order valence-corrected chi connectivity index (χ2v) is 5.81. The third-order valence-electron chi connectivity index (χ3n) is 3.34. The molecule has 0 heterocycles. The van der Waals surface area contributed by atoms with E-state index in [9.17, 15) is 14.4 Å². The summed E-state index contributed by atoms with van der Waals surface area (Å²) in [5.74, 6) is -1.12. The number of hydrogen-bond acceptors (Lipinski definition) is 5. The molecule has 142 valence electrons. The fraction of sp³-hybridized carbons (Fsp3) is 0.211. The fourth-order valence-corrected chi connectivity index (χ4v) is 2.17. The number of nitrogens with one attached hydrogen (secondary N) is 2. The van der Waals surface area contributed by atoms with E-state index in [1.807, 2.05) is 6.07 Å². The molecule has 2 amide bonds. The van der Waals surface area contributed by atoms with Gasteiger partial charge in [0.1, 0.15) is 12.3 Å². The lowest BCUT2D eigenvalue weighted by Crippen LogP contribution is -2.36. The van der Waals surface area contributed by atoms with Gasteiger partial charge in [0, 0.05) is 11.6 Å². The first kappa shape index (κ1) is 20.3. The minimum absolute atomic E-state index is 0.226. The molecule has 0 aliphatic carbocycles. The second-order valence-electron chi connectivity index (χ2n) is 5.41. The molecule has 2 aromatic rings. The van der Waals surface area contributed by atoms with Crippen LogP contribution in [0.5, 0.6) is 5.75 Å². The number of rotatable bonds is 9. The van der Waals surface area contributed by atoms with Gasteiger partial charge in [0.05, 0.1) is 0 Å². The Labute approximate surface area is 161 Å². The van der Waals surface area contributed by atoms with Gasteiger partial charge in [0.25, 0.3) is 11.8 Å². The minimum atomic E-state index is -0.726. The van der Waals surface area contributed by atoms with Crippen LogP contribution in [0.15, 0.2) is 54.6 Å². The van der Waals surface area contributed by atoms with E-state index in [4.69, 9.17) is 21.1 Å². The van der Waals surface area contributed by atoms with Gasteiger partial charge in [0.15, 0.2) is 13.2 Å². The molecule has 2 aromatic carbocycles. The van der Waals surface area contributed by atoms with Gasteiger partial charge in [-0.05, 0) is 23.8 Å². The Morgan fingerprint density at radius 1 is 0.852 bits per heavy atom. The number of amides is 2. The maximum atomic E-state index is 11.7. The molecule has 2 N–H and O–H groups in total. The molecule has 27 heavy (non-hydrogen) atoms. The topological polar surface area (TPSA) is 93.7 Å². The Balaban J connectivity index is 1.59. The van der Waals surface area contributed by atoms with E-state index in [1.165, 1.54) is 0 Å². The summed E-state index contributed by atoms with van der Waals surface area (Å²) in [7, 11) is 0. The zero-order chi connectivity index (χ0) is 19.5. The van der Waals surface area contributed by atoms with Crippen LogP contribution in [0.3, 0.4) is 0 Å². The quantitative estimate of drug-likeness (QED) is 0.635. The first-order chi connectivity index (χ1) is 13.0. The highest BCUT2D eigenvalue weighted by molar-refractivity contribution is 6.31. The van der Waals surface area contributed by atoms with E-state index in [1.54, 1.807) is 48.5 Å². The van der Waals surface area contributed by atoms with Crippen LogP contribution < -0.4 is 15.4 Å². The predicted octanol–water partition coefficient (Wildman–Crippen LogP) is 1.69. The summed E-state index contributed by atoms with van der Waals surface area (Å²) in [6, 6.07) is 15.9. The van der Waals surface area contributed by atoms with Crippen molar-refractivity contribution in [3.63, 3.8) is 0 Å². The van der Waals surface area contributed by atoms with Gasteiger partial charge in [-0.15, -0.1) is 0 Å². The van der Waals surface area contributed by atoms with E-state index >= 15 is 0 Å². The van der Waals surface area contributed by atoms with Gasteiger partial charge in [0.2, 0.25) is 0 Å². The number of carbonyl (C=O) groups is 3. The maximum absolute atomic E-state index is 11.7. The van der Waals surface area contributed by atoms with Crippen molar-refractivity contribution in [1.82, 2.24) is 10.6 Å². The summed E-state index contributed by atoms with van der Waals surface area (Å²) in [6.45, 7) is -0.798. The first-order valence-electron chi connectivity index (χ1n) is 8.15. The third-order valence-corrected chi connectivity index (χ3v) is 3.71. The fourth-order valence-electron chi connectivity index (χ4n) is 1.97. The molecule has 0 aromatic heterocycles. The molecule has 7 nitrogen and oxygen atoms in total. The van der Waals surface area contributed by atoms with E-state index in [-0.39, 0.29) is 19.7 Å². The van der Waals surface area contributed by atoms with E-state index in [0.717, 1.165) is 5.56 Å². The molecular weight excluding hydrogens is 372 g/mol. The molecule has 0 atom stereocenters. The van der Waals surface area contributed by atoms with Crippen molar-refractivity contribution in [3.8, 4) is 5.75 Å². The van der Waals surface area contributed by atoms with Gasteiger partial charge in [-0.2, -0.15) is 0 Å². The lowest BCUT2D eigenvalue weighted by atomic mass is 10.2. The van der Waals surface area contributed by atoms with Crippen LogP contribution in [0.25, 0.3) is 0 Å². The zero-order valence-electron chi connectivity index (χ0n) is 14.4. The molecule has 8 heteroatoms. The SMILES string of the molecule is O=C(COC(=O)CNC(=O)COc1ccccc1)NCc1ccccc1Cl. The van der Waals surface area contributed by atoms with Crippen LogP contribution in [0.1, 0.15) is 5.56 Å². The summed E-state index contributed by atoms with van der Waals surface area (Å²) in [5, 5.41) is 5.48. The third kappa shape index (κ3) is 7.79. The van der Waals surface area contributed by atoms with E-state index in [0.29, 0.717) is 10.8 Å². The summed E-state index contributed by atoms with van der Waals surface area (Å²) in [5.41, 5.74) is 0.754. The molecule has 0 aliphatic rings. The van der Waals surface area contributed by atoms with Gasteiger partial charge >= 0.3 is 5.97 Å². The summed E-state index contributed by atoms with van der Waals surface area (Å²) >= 11 is 5.98. The highest BCUT2D eigenvalue weighted by Crippen LogP contribution is 2.14. The Morgan fingerprint density at radius 2 is 1.52 bits per heavy atom. The van der Waals surface area contributed by atoms with Crippen LogP contribution in [-0.2, 0) is 25.7 Å². The standard InChI is InChI=1S/C19H19ClN2O5/c20-16-9-5-4-6-14(16)10-21-18(24)13-27-19(25)11-22-17(23)12-26-15-7-2-1-3-8-15/h1-9H,10-13H2,(H,21,24)(H,22,23). The van der Waals surface area contributed by atoms with Crippen LogP contribution in [0.4, 0.5) is 0 Å². The highest BCUT2D eigenvalue weighted by atomic mass is 35.5. The number of ether oxygens (including phenoxy) is 2. The number of halogens is 1. The molecule has 0 unspecified atom stereocenters. The number of benzene rings is 2. The van der Waals surface area contributed by atoms with Crippen LogP contribution in [-0.4, -0.2) is 37.5 Å². The van der Waals surface area contributed by atoms with Crippen LogP contribution >= 0.6 is 11.6 Å². The second kappa shape index (κ2) is 10.8. The predicted molar refractivity (Wildman–Crippen MR) is 99.2 cm³/mol. The minimum Gasteiger partial charge on any atom is -0.484 e. The Morgan fingerprint density at radius 3 is 2.26 bits per heavy atom. The molecule has 0 aliphatic heterocycles. The Bertz CT molecular complexity index is 783. The van der Waals surface area contributed by atoms with Crippen molar-refractivity contribution in [3.05, 3.63) is 65.2 Å². The number of hydrogen-bond donors (Lipinski definition) is 2. The van der Waals surface area contributed by atoms with Gasteiger partial charge in [-0.25, -0.2) is 0 Å². The van der Waals surface area contributed by atoms with Crippen LogP contribution in [0, 0.1) is 0 Å². The smallest absolute Gasteiger partial charge is 0.325 e. The number of esters is 1. The summed E-state index contributed by atoms with van der Waals surface area (Å²) in [4.78, 5) is 34.9. The normalized spacial score (nSPS) is 9.96. The lowest BCUT2D eigenvalue weighted by Gasteiger charge is -2.09. The molecule has 0 radical (unpaired) electrons. The molecule has 0 saturated carbocycles. The van der Waals surface area contributed by atoms with Crippen molar-refractivity contribution in [2.75, 3.05) is 19.8 Å². The maximum Gasteiger partial charge on any atom is 0.325 e. The van der Waals surface area contributed by atoms with Crippen molar-refractivity contribution in [1.29, 1.82) is 0 Å². The molecular formula is C19H19ClN2O5. The largest absolute Gasteiger partial charge is 0.484 e. The monoisotopic (exact) mass is 390 g/mol. The average molecular weight is 391 g/mol. The van der Waals surface area contributed by atoms with Gasteiger partial charge < -0.3 is 20.1 Å². The number of carbonyl (C=O) groups excluding carboxylic acids is 3. The van der Waals surface area contributed by atoms with Crippen LogP contribution in [0.2, 0.25) is 5.02 Å². The van der Waals surface area contributed by atoms with E-state index in [2.05, 4.69) is 10.6 Å². The summed E-state index contributed by atoms with van der Waals surface area (Å²) < 4.78 is 10.0. The number of para-hydroxylation sites is 1. The van der Waals surface area contributed by atoms with Gasteiger partial charge in [-0.3, -0.25) is 14.4 Å². The van der Waals surface area contributed by atoms with Crippen molar-refractivity contribution in [2.24, 2.45) is 0 Å². The lowest BCUT2D eigenvalue weighted by molar-refractivity contribution is -0.148. The molecule has 0 bridgehead atoms. The zero-order valence-corrected chi connectivity index (χ0v) is 15.2. The first-order valence-corrected chi connectivity index (χ1v) is 8.52. The Hall–Kier alpha value is -3.06.